The summed E-state index contributed by atoms with van der Waals surface area (Å²) in [7, 11) is 0. The van der Waals surface area contributed by atoms with Gasteiger partial charge in [-0.2, -0.15) is 0 Å². The summed E-state index contributed by atoms with van der Waals surface area (Å²) in [5, 5.41) is 16.4. The number of carbonyl (C=O) groups is 2. The lowest BCUT2D eigenvalue weighted by Crippen LogP contribution is -2.29. The minimum Gasteiger partial charge on any atom is -0.478 e. The Hall–Kier alpha value is -4.50. The molecule has 2 aromatic heterocycles. The number of carboxylic acids is 1. The van der Waals surface area contributed by atoms with Gasteiger partial charge in [-0.1, -0.05) is 13.0 Å². The van der Waals surface area contributed by atoms with Crippen LogP contribution >= 0.6 is 12.2 Å². The summed E-state index contributed by atoms with van der Waals surface area (Å²) >= 11 is 5.91. The molecule has 5 rings (SSSR count). The highest BCUT2D eigenvalue weighted by molar-refractivity contribution is 7.80. The molecule has 0 spiro atoms. The summed E-state index contributed by atoms with van der Waals surface area (Å²) in [6.45, 7) is 7.90. The van der Waals surface area contributed by atoms with Crippen molar-refractivity contribution < 1.29 is 14.7 Å². The van der Waals surface area contributed by atoms with Gasteiger partial charge in [0, 0.05) is 41.1 Å². The molecule has 2 atom stereocenters. The van der Waals surface area contributed by atoms with E-state index >= 15 is 0 Å². The minimum atomic E-state index is -0.955. The number of aromatic carboxylic acids is 1. The average Bonchev–Trinajstić information content (AvgIpc) is 3.44. The molecule has 1 aliphatic rings. The lowest BCUT2D eigenvalue weighted by Gasteiger charge is -2.29. The van der Waals surface area contributed by atoms with Crippen LogP contribution < -0.4 is 15.5 Å². The number of nitrogens with zero attached hydrogens (tertiary/aromatic N) is 3. The van der Waals surface area contributed by atoms with Crippen molar-refractivity contribution in [2.45, 2.75) is 46.2 Å². The Kier molecular flexibility index (Phi) is 7.40. The summed E-state index contributed by atoms with van der Waals surface area (Å²) in [6, 6.07) is 20.4. The van der Waals surface area contributed by atoms with Crippen LogP contribution in [0.2, 0.25) is 0 Å². The second-order valence-electron chi connectivity index (χ2n) is 9.91. The number of aryl methyl sites for hydroxylation is 2. The van der Waals surface area contributed by atoms with E-state index in [2.05, 4.69) is 38.1 Å². The van der Waals surface area contributed by atoms with Crippen molar-refractivity contribution in [2.75, 3.05) is 10.2 Å². The molecule has 1 amide bonds. The fraction of sp³-hybridized carbons (Fsp3) is 0.226. The number of rotatable bonds is 7. The monoisotopic (exact) mass is 553 g/mol. The number of aromatic nitrogens is 2. The summed E-state index contributed by atoms with van der Waals surface area (Å²) in [6.07, 6.45) is 2.19. The summed E-state index contributed by atoms with van der Waals surface area (Å²) in [5.41, 5.74) is 7.72. The fourth-order valence-corrected chi connectivity index (χ4v) is 5.71. The van der Waals surface area contributed by atoms with E-state index < -0.39 is 5.97 Å². The van der Waals surface area contributed by atoms with Crippen LogP contribution in [-0.4, -0.2) is 31.6 Å². The number of nitrogens with one attached hydrogen (secondary N) is 2. The molecule has 0 aliphatic carbocycles. The molecule has 204 valence electrons. The van der Waals surface area contributed by atoms with Gasteiger partial charge < -0.3 is 25.2 Å². The van der Waals surface area contributed by atoms with Crippen molar-refractivity contribution in [1.29, 1.82) is 0 Å². The van der Waals surface area contributed by atoms with Gasteiger partial charge in [-0.15, -0.1) is 0 Å². The van der Waals surface area contributed by atoms with Crippen molar-refractivity contribution in [3.63, 3.8) is 0 Å². The number of benzene rings is 2. The van der Waals surface area contributed by atoms with Crippen LogP contribution in [0.3, 0.4) is 0 Å². The number of pyridine rings is 1. The molecule has 0 bridgehead atoms. The molecule has 0 radical (unpaired) electrons. The Morgan fingerprint density at radius 3 is 2.38 bits per heavy atom. The summed E-state index contributed by atoms with van der Waals surface area (Å²) < 4.78 is 2.13. The number of amides is 1. The maximum Gasteiger partial charge on any atom is 0.335 e. The van der Waals surface area contributed by atoms with Gasteiger partial charge in [0.25, 0.3) is 0 Å². The number of hydrogen-bond donors (Lipinski definition) is 3. The van der Waals surface area contributed by atoms with Crippen molar-refractivity contribution in [2.24, 2.45) is 0 Å². The van der Waals surface area contributed by atoms with Gasteiger partial charge in [-0.3, -0.25) is 9.78 Å². The highest BCUT2D eigenvalue weighted by atomic mass is 32.1. The number of carbonyl (C=O) groups excluding carboxylic acids is 1. The van der Waals surface area contributed by atoms with E-state index in [-0.39, 0.29) is 23.6 Å². The molecule has 0 unspecified atom stereocenters. The second kappa shape index (κ2) is 10.9. The van der Waals surface area contributed by atoms with Crippen molar-refractivity contribution in [3.8, 4) is 5.69 Å². The van der Waals surface area contributed by atoms with Crippen LogP contribution in [0.5, 0.6) is 0 Å². The molecule has 1 saturated heterocycles. The van der Waals surface area contributed by atoms with Gasteiger partial charge in [0.1, 0.15) is 0 Å². The van der Waals surface area contributed by atoms with Crippen LogP contribution in [0.1, 0.15) is 64.0 Å². The van der Waals surface area contributed by atoms with Crippen molar-refractivity contribution in [1.82, 2.24) is 14.9 Å². The molecule has 2 aromatic carbocycles. The Balaban J connectivity index is 1.62. The first kappa shape index (κ1) is 27.1. The van der Waals surface area contributed by atoms with Crippen LogP contribution in [0.4, 0.5) is 11.4 Å². The fourth-order valence-electron chi connectivity index (χ4n) is 5.36. The molecule has 0 saturated carbocycles. The number of anilines is 2. The third kappa shape index (κ3) is 4.96. The molecular formula is C31H31N5O3S. The van der Waals surface area contributed by atoms with Gasteiger partial charge in [0.05, 0.1) is 23.3 Å². The molecule has 1 fully saturated rings. The third-order valence-corrected chi connectivity index (χ3v) is 7.66. The highest BCUT2D eigenvalue weighted by Gasteiger charge is 2.42. The quantitative estimate of drug-likeness (QED) is 0.241. The maximum atomic E-state index is 12.0. The van der Waals surface area contributed by atoms with Crippen molar-refractivity contribution in [3.05, 3.63) is 107 Å². The first-order valence-electron chi connectivity index (χ1n) is 13.1. The van der Waals surface area contributed by atoms with Gasteiger partial charge in [-0.05, 0) is 105 Å². The smallest absolute Gasteiger partial charge is 0.335 e. The molecule has 40 heavy (non-hydrogen) atoms. The van der Waals surface area contributed by atoms with Gasteiger partial charge >= 0.3 is 5.97 Å². The van der Waals surface area contributed by atoms with E-state index in [1.807, 2.05) is 69.3 Å². The van der Waals surface area contributed by atoms with Crippen molar-refractivity contribution >= 4 is 40.6 Å². The van der Waals surface area contributed by atoms with Crippen LogP contribution in [0.15, 0.2) is 72.9 Å². The normalized spacial score (nSPS) is 16.6. The first-order chi connectivity index (χ1) is 19.2. The van der Waals surface area contributed by atoms with Gasteiger partial charge in [0.15, 0.2) is 5.11 Å². The second-order valence-corrected chi connectivity index (χ2v) is 10.3. The van der Waals surface area contributed by atoms with E-state index in [0.29, 0.717) is 11.5 Å². The van der Waals surface area contributed by atoms with Crippen LogP contribution in [0.25, 0.3) is 5.69 Å². The van der Waals surface area contributed by atoms with E-state index in [9.17, 15) is 14.7 Å². The molecule has 3 N–H and O–H groups in total. The van der Waals surface area contributed by atoms with E-state index in [4.69, 9.17) is 12.2 Å². The van der Waals surface area contributed by atoms with E-state index in [1.165, 1.54) is 0 Å². The Labute approximate surface area is 238 Å². The topological polar surface area (TPSA) is 99.5 Å². The first-order valence-corrected chi connectivity index (χ1v) is 13.5. The number of thiocarbonyl (C=S) groups is 1. The van der Waals surface area contributed by atoms with Gasteiger partial charge in [-0.25, -0.2) is 4.79 Å². The minimum absolute atomic E-state index is 0.0360. The molecule has 1 aliphatic heterocycles. The zero-order valence-electron chi connectivity index (χ0n) is 22.8. The van der Waals surface area contributed by atoms with Gasteiger partial charge in [0.2, 0.25) is 5.91 Å². The molecule has 3 heterocycles. The molecule has 8 nitrogen and oxygen atoms in total. The largest absolute Gasteiger partial charge is 0.478 e. The standard InChI is InChI=1S/C31H31N5O3S/c1-5-27(37)33-25-14-13-23(16-18(25)2)36-29(28(34-31(36)40)26-8-6-7-15-32-26)24-17-19(3)35(20(24)4)22-11-9-21(10-12-22)30(38)39/h6-17,28-29H,5H2,1-4H3,(H,33,37)(H,34,40)(H,38,39)/t28-,29-/m1/s1. The zero-order chi connectivity index (χ0) is 28.6. The Morgan fingerprint density at radius 2 is 1.75 bits per heavy atom. The highest BCUT2D eigenvalue weighted by Crippen LogP contribution is 2.44. The summed E-state index contributed by atoms with van der Waals surface area (Å²) in [4.78, 5) is 30.2. The maximum absolute atomic E-state index is 12.0. The molecule has 4 aromatic rings. The molecule has 9 heteroatoms. The lowest BCUT2D eigenvalue weighted by molar-refractivity contribution is -0.115. The SMILES string of the molecule is CCC(=O)Nc1ccc(N2C(=S)N[C@H](c3ccccn3)[C@H]2c2cc(C)n(-c3ccc(C(=O)O)cc3)c2C)cc1C. The Morgan fingerprint density at radius 1 is 1.02 bits per heavy atom. The van der Waals surface area contributed by atoms with Crippen LogP contribution in [-0.2, 0) is 4.79 Å². The third-order valence-electron chi connectivity index (χ3n) is 7.34. The predicted octanol–water partition coefficient (Wildman–Crippen LogP) is 6.02. The predicted molar refractivity (Wildman–Crippen MR) is 160 cm³/mol. The summed E-state index contributed by atoms with van der Waals surface area (Å²) in [5.74, 6) is -0.991. The zero-order valence-corrected chi connectivity index (χ0v) is 23.6. The van der Waals surface area contributed by atoms with Crippen LogP contribution in [0, 0.1) is 20.8 Å². The van der Waals surface area contributed by atoms with E-state index in [0.717, 1.165) is 45.3 Å². The molecular weight excluding hydrogens is 522 g/mol. The number of carboxylic acid groups (broad SMARTS) is 1. The van der Waals surface area contributed by atoms with E-state index in [1.54, 1.807) is 18.3 Å². The lowest BCUT2D eigenvalue weighted by atomic mass is 9.96. The number of hydrogen-bond acceptors (Lipinski definition) is 4. The Bertz CT molecular complexity index is 1600. The average molecular weight is 554 g/mol.